The van der Waals surface area contributed by atoms with E-state index in [2.05, 4.69) is 9.47 Å². The summed E-state index contributed by atoms with van der Waals surface area (Å²) in [5.41, 5.74) is 0. The lowest BCUT2D eigenvalue weighted by Gasteiger charge is -2.11. The Bertz CT molecular complexity index is 280. The molecule has 0 aromatic heterocycles. The van der Waals surface area contributed by atoms with Crippen molar-refractivity contribution in [3.8, 4) is 12.5 Å². The maximum Gasteiger partial charge on any atom is 0.348 e. The van der Waals surface area contributed by atoms with Crippen molar-refractivity contribution in [2.75, 3.05) is 13.2 Å². The van der Waals surface area contributed by atoms with Crippen LogP contribution in [0.4, 0.5) is 0 Å². The van der Waals surface area contributed by atoms with E-state index in [9.17, 15) is 4.79 Å². The first-order valence-corrected chi connectivity index (χ1v) is 4.98. The third-order valence-corrected chi connectivity index (χ3v) is 1.77. The Morgan fingerprint density at radius 3 is 2.62 bits per heavy atom. The molecule has 6 heteroatoms. The molecule has 0 saturated carbocycles. The van der Waals surface area contributed by atoms with E-state index in [0.717, 1.165) is 0 Å². The summed E-state index contributed by atoms with van der Waals surface area (Å²) in [5, 5.41) is 16.4. The third kappa shape index (κ3) is 6.50. The predicted molar refractivity (Wildman–Crippen MR) is 52.5 cm³/mol. The van der Waals surface area contributed by atoms with Gasteiger partial charge in [0.1, 0.15) is 6.61 Å². The van der Waals surface area contributed by atoms with Gasteiger partial charge in [-0.05, 0) is 26.2 Å². The largest absolute Gasteiger partial charge is 0.463 e. The maximum atomic E-state index is 11.3. The number of hydrogen-bond acceptors (Lipinski definition) is 6. The Labute approximate surface area is 94.3 Å². The van der Waals surface area contributed by atoms with Crippen molar-refractivity contribution < 1.29 is 19.0 Å². The van der Waals surface area contributed by atoms with E-state index in [0.29, 0.717) is 25.9 Å². The number of hydrogen-bond donors (Lipinski definition) is 0. The van der Waals surface area contributed by atoms with Crippen molar-refractivity contribution >= 4 is 5.97 Å². The van der Waals surface area contributed by atoms with Gasteiger partial charge in [0.15, 0.2) is 0 Å². The highest BCUT2D eigenvalue weighted by Crippen LogP contribution is 2.07. The Morgan fingerprint density at radius 2 is 2.06 bits per heavy atom. The quantitative estimate of drug-likeness (QED) is 0.349. The van der Waals surface area contributed by atoms with Crippen LogP contribution in [0.15, 0.2) is 0 Å². The molecule has 0 aliphatic rings. The third-order valence-electron chi connectivity index (χ3n) is 1.77. The number of unbranched alkanes of at least 4 members (excludes halogenated alkanes) is 1. The van der Waals surface area contributed by atoms with Crippen LogP contribution in [-0.2, 0) is 19.0 Å². The molecular weight excluding hydrogens is 212 g/mol. The SMILES string of the molecule is CCOC(=O)C(CCCCOC#N)OC#N. The summed E-state index contributed by atoms with van der Waals surface area (Å²) in [6.07, 6.45) is 3.79. The molecule has 0 aliphatic carbocycles. The fourth-order valence-electron chi connectivity index (χ4n) is 1.07. The fourth-order valence-corrected chi connectivity index (χ4v) is 1.07. The van der Waals surface area contributed by atoms with Gasteiger partial charge in [0.25, 0.3) is 12.5 Å². The molecule has 0 aromatic carbocycles. The van der Waals surface area contributed by atoms with Crippen molar-refractivity contribution in [3.63, 3.8) is 0 Å². The molecule has 0 rings (SSSR count). The molecule has 6 nitrogen and oxygen atoms in total. The first kappa shape index (κ1) is 14.1. The van der Waals surface area contributed by atoms with Crippen molar-refractivity contribution in [2.24, 2.45) is 0 Å². The van der Waals surface area contributed by atoms with E-state index in [-0.39, 0.29) is 6.61 Å². The summed E-state index contributed by atoms with van der Waals surface area (Å²) in [6.45, 7) is 2.24. The molecule has 88 valence electrons. The normalized spacial score (nSPS) is 10.7. The van der Waals surface area contributed by atoms with Gasteiger partial charge in [-0.3, -0.25) is 0 Å². The fraction of sp³-hybridized carbons (Fsp3) is 0.700. The van der Waals surface area contributed by atoms with Crippen LogP contribution < -0.4 is 0 Å². The second kappa shape index (κ2) is 9.60. The van der Waals surface area contributed by atoms with Gasteiger partial charge in [-0.1, -0.05) is 0 Å². The maximum absolute atomic E-state index is 11.3. The standard InChI is InChI=1S/C10H14N2O4/c1-2-15-10(13)9(16-8-12)5-3-4-6-14-7-11/h9H,2-6H2,1H3. The number of carbonyl (C=O) groups is 1. The molecular formula is C10H14N2O4. The molecule has 0 heterocycles. The van der Waals surface area contributed by atoms with Crippen LogP contribution in [-0.4, -0.2) is 25.3 Å². The summed E-state index contributed by atoms with van der Waals surface area (Å²) >= 11 is 0. The van der Waals surface area contributed by atoms with E-state index < -0.39 is 12.1 Å². The summed E-state index contributed by atoms with van der Waals surface area (Å²) < 4.78 is 13.8. The van der Waals surface area contributed by atoms with E-state index in [1.165, 1.54) is 6.26 Å². The lowest BCUT2D eigenvalue weighted by atomic mass is 10.1. The van der Waals surface area contributed by atoms with E-state index in [1.54, 1.807) is 13.2 Å². The number of rotatable bonds is 8. The first-order chi connectivity index (χ1) is 7.76. The number of esters is 1. The lowest BCUT2D eigenvalue weighted by Crippen LogP contribution is -2.25. The van der Waals surface area contributed by atoms with Crippen molar-refractivity contribution in [2.45, 2.75) is 32.3 Å². The topological polar surface area (TPSA) is 92.3 Å². The molecule has 1 unspecified atom stereocenters. The Kier molecular flexibility index (Phi) is 8.43. The van der Waals surface area contributed by atoms with Crippen molar-refractivity contribution in [1.29, 1.82) is 10.5 Å². The highest BCUT2D eigenvalue weighted by molar-refractivity contribution is 5.74. The summed E-state index contributed by atoms with van der Waals surface area (Å²) in [7, 11) is 0. The second-order valence-corrected chi connectivity index (χ2v) is 2.89. The van der Waals surface area contributed by atoms with Crippen molar-refractivity contribution in [1.82, 2.24) is 0 Å². The van der Waals surface area contributed by atoms with Gasteiger partial charge in [-0.2, -0.15) is 10.5 Å². The summed E-state index contributed by atoms with van der Waals surface area (Å²) in [6, 6.07) is 0. The molecule has 0 aliphatic heterocycles. The van der Waals surface area contributed by atoms with Crippen LogP contribution in [0.2, 0.25) is 0 Å². The van der Waals surface area contributed by atoms with E-state index >= 15 is 0 Å². The van der Waals surface area contributed by atoms with Gasteiger partial charge in [0.2, 0.25) is 6.10 Å². The molecule has 0 spiro atoms. The van der Waals surface area contributed by atoms with Crippen LogP contribution in [0, 0.1) is 23.0 Å². The van der Waals surface area contributed by atoms with E-state index in [4.69, 9.17) is 15.3 Å². The van der Waals surface area contributed by atoms with Gasteiger partial charge >= 0.3 is 5.97 Å². The lowest BCUT2D eigenvalue weighted by molar-refractivity contribution is -0.153. The van der Waals surface area contributed by atoms with Gasteiger partial charge < -0.3 is 14.2 Å². The summed E-state index contributed by atoms with van der Waals surface area (Å²) in [5.74, 6) is -0.537. The summed E-state index contributed by atoms with van der Waals surface area (Å²) in [4.78, 5) is 11.3. The molecule has 0 bridgehead atoms. The number of ether oxygens (including phenoxy) is 3. The van der Waals surface area contributed by atoms with Crippen LogP contribution in [0.5, 0.6) is 0 Å². The monoisotopic (exact) mass is 226 g/mol. The van der Waals surface area contributed by atoms with Crippen LogP contribution >= 0.6 is 0 Å². The molecule has 1 atom stereocenters. The first-order valence-electron chi connectivity index (χ1n) is 4.98. The number of carbonyl (C=O) groups excluding carboxylic acids is 1. The zero-order valence-electron chi connectivity index (χ0n) is 9.14. The molecule has 0 saturated heterocycles. The average molecular weight is 226 g/mol. The second-order valence-electron chi connectivity index (χ2n) is 2.89. The van der Waals surface area contributed by atoms with Crippen LogP contribution in [0.25, 0.3) is 0 Å². The Hall–Kier alpha value is -1.95. The van der Waals surface area contributed by atoms with Gasteiger partial charge in [0, 0.05) is 0 Å². The highest BCUT2D eigenvalue weighted by atomic mass is 16.6. The van der Waals surface area contributed by atoms with Gasteiger partial charge in [-0.15, -0.1) is 0 Å². The smallest absolute Gasteiger partial charge is 0.348 e. The number of nitriles is 2. The average Bonchev–Trinajstić information content (AvgIpc) is 2.27. The van der Waals surface area contributed by atoms with Gasteiger partial charge in [-0.25, -0.2) is 4.79 Å². The Morgan fingerprint density at radius 1 is 1.31 bits per heavy atom. The molecule has 0 amide bonds. The van der Waals surface area contributed by atoms with Crippen LogP contribution in [0.1, 0.15) is 26.2 Å². The van der Waals surface area contributed by atoms with E-state index in [1.807, 2.05) is 0 Å². The zero-order valence-corrected chi connectivity index (χ0v) is 9.14. The highest BCUT2D eigenvalue weighted by Gasteiger charge is 2.20. The molecule has 0 aromatic rings. The minimum absolute atomic E-state index is 0.252. The Balaban J connectivity index is 3.82. The zero-order chi connectivity index (χ0) is 12.2. The molecule has 0 N–H and O–H groups in total. The molecule has 16 heavy (non-hydrogen) atoms. The van der Waals surface area contributed by atoms with Crippen LogP contribution in [0.3, 0.4) is 0 Å². The predicted octanol–water partition coefficient (Wildman–Crippen LogP) is 1.08. The van der Waals surface area contributed by atoms with Gasteiger partial charge in [0.05, 0.1) is 6.61 Å². The molecule has 0 radical (unpaired) electrons. The minimum Gasteiger partial charge on any atom is -0.463 e. The van der Waals surface area contributed by atoms with Crippen molar-refractivity contribution in [3.05, 3.63) is 0 Å². The minimum atomic E-state index is -0.855. The molecule has 0 fully saturated rings. The number of nitrogens with zero attached hydrogens (tertiary/aromatic N) is 2.